The van der Waals surface area contributed by atoms with Crippen LogP contribution in [0, 0.1) is 5.92 Å². The highest BCUT2D eigenvalue weighted by Gasteiger charge is 2.27. The van der Waals surface area contributed by atoms with E-state index >= 15 is 0 Å². The minimum absolute atomic E-state index is 0.0498. The molecule has 7 heteroatoms. The van der Waals surface area contributed by atoms with Crippen LogP contribution in [0.2, 0.25) is 0 Å². The number of rotatable bonds is 4. The van der Waals surface area contributed by atoms with Gasteiger partial charge in [-0.3, -0.25) is 19.8 Å². The van der Waals surface area contributed by atoms with Gasteiger partial charge in [-0.25, -0.2) is 4.79 Å². The highest BCUT2D eigenvalue weighted by atomic mass is 16.2. The zero-order valence-corrected chi connectivity index (χ0v) is 12.2. The van der Waals surface area contributed by atoms with Crippen molar-refractivity contribution in [2.75, 3.05) is 25.0 Å². The molecule has 7 nitrogen and oxygen atoms in total. The molecule has 0 saturated carbocycles. The Morgan fingerprint density at radius 3 is 2.64 bits per heavy atom. The molecule has 0 spiro atoms. The summed E-state index contributed by atoms with van der Waals surface area (Å²) in [6.07, 6.45) is 1.61. The van der Waals surface area contributed by atoms with Gasteiger partial charge in [0.25, 0.3) is 0 Å². The number of amides is 4. The number of hydrogen-bond donors (Lipinski definition) is 3. The van der Waals surface area contributed by atoms with E-state index in [4.69, 9.17) is 5.73 Å². The summed E-state index contributed by atoms with van der Waals surface area (Å²) in [6, 6.07) is 8.40. The van der Waals surface area contributed by atoms with Gasteiger partial charge in [0, 0.05) is 12.2 Å². The molecule has 1 saturated heterocycles. The quantitative estimate of drug-likeness (QED) is 0.754. The molecule has 1 aromatic rings. The topological polar surface area (TPSA) is 105 Å². The standard InChI is InChI=1S/C15H20N4O3/c16-15(22)18-13(20)10-19-8-4-5-11(9-19)14(21)17-12-6-2-1-3-7-12/h1-3,6-7,11H,4-5,8-10H2,(H,17,21)(H3,16,18,20,22). The fourth-order valence-electron chi connectivity index (χ4n) is 2.56. The number of carbonyl (C=O) groups excluding carboxylic acids is 3. The molecular formula is C15H20N4O3. The van der Waals surface area contributed by atoms with Crippen molar-refractivity contribution >= 4 is 23.5 Å². The molecule has 2 rings (SSSR count). The summed E-state index contributed by atoms with van der Waals surface area (Å²) in [5, 5.41) is 4.91. The largest absolute Gasteiger partial charge is 0.351 e. The SMILES string of the molecule is NC(=O)NC(=O)CN1CCCC(C(=O)Nc2ccccc2)C1. The number of anilines is 1. The fourth-order valence-corrected chi connectivity index (χ4v) is 2.56. The van der Waals surface area contributed by atoms with Crippen LogP contribution < -0.4 is 16.4 Å². The van der Waals surface area contributed by atoms with Crippen molar-refractivity contribution in [3.05, 3.63) is 30.3 Å². The molecule has 1 aliphatic heterocycles. The number of nitrogens with two attached hydrogens (primary N) is 1. The zero-order chi connectivity index (χ0) is 15.9. The van der Waals surface area contributed by atoms with E-state index in [9.17, 15) is 14.4 Å². The lowest BCUT2D eigenvalue weighted by atomic mass is 9.97. The molecule has 1 fully saturated rings. The van der Waals surface area contributed by atoms with Gasteiger partial charge in [0.05, 0.1) is 12.5 Å². The number of urea groups is 1. The average Bonchev–Trinajstić information content (AvgIpc) is 2.47. The van der Waals surface area contributed by atoms with Crippen molar-refractivity contribution in [3.63, 3.8) is 0 Å². The molecule has 1 unspecified atom stereocenters. The summed E-state index contributed by atoms with van der Waals surface area (Å²) in [6.45, 7) is 1.28. The number of nitrogens with zero attached hydrogens (tertiary/aromatic N) is 1. The van der Waals surface area contributed by atoms with Crippen LogP contribution in [-0.2, 0) is 9.59 Å². The second-order valence-electron chi connectivity index (χ2n) is 5.34. The summed E-state index contributed by atoms with van der Waals surface area (Å²) in [5.74, 6) is -0.668. The van der Waals surface area contributed by atoms with Gasteiger partial charge >= 0.3 is 6.03 Å². The summed E-state index contributed by atoms with van der Waals surface area (Å²) in [5.41, 5.74) is 5.67. The van der Waals surface area contributed by atoms with Gasteiger partial charge < -0.3 is 11.1 Å². The maximum atomic E-state index is 12.3. The van der Waals surface area contributed by atoms with Gasteiger partial charge in [0.2, 0.25) is 11.8 Å². The first-order valence-corrected chi connectivity index (χ1v) is 7.22. The number of primary amides is 1. The van der Waals surface area contributed by atoms with E-state index in [-0.39, 0.29) is 18.4 Å². The van der Waals surface area contributed by atoms with E-state index < -0.39 is 11.9 Å². The predicted molar refractivity (Wildman–Crippen MR) is 82.0 cm³/mol. The monoisotopic (exact) mass is 304 g/mol. The molecule has 1 heterocycles. The lowest BCUT2D eigenvalue weighted by Crippen LogP contribution is -2.47. The summed E-state index contributed by atoms with van der Waals surface area (Å²) >= 11 is 0. The molecule has 1 aliphatic rings. The maximum Gasteiger partial charge on any atom is 0.318 e. The van der Waals surface area contributed by atoms with Crippen molar-refractivity contribution in [2.45, 2.75) is 12.8 Å². The van der Waals surface area contributed by atoms with Crippen LogP contribution in [0.1, 0.15) is 12.8 Å². The Bertz CT molecular complexity index is 547. The highest BCUT2D eigenvalue weighted by molar-refractivity contribution is 5.95. The van der Waals surface area contributed by atoms with E-state index in [1.54, 1.807) is 0 Å². The third kappa shape index (κ3) is 4.85. The summed E-state index contributed by atoms with van der Waals surface area (Å²) < 4.78 is 0. The Morgan fingerprint density at radius 2 is 1.95 bits per heavy atom. The number of para-hydroxylation sites is 1. The van der Waals surface area contributed by atoms with E-state index in [1.807, 2.05) is 40.5 Å². The lowest BCUT2D eigenvalue weighted by Gasteiger charge is -2.31. The molecule has 0 aromatic heterocycles. The van der Waals surface area contributed by atoms with Gasteiger partial charge in [-0.1, -0.05) is 18.2 Å². The average molecular weight is 304 g/mol. The molecule has 0 bridgehead atoms. The van der Waals surface area contributed by atoms with Crippen molar-refractivity contribution in [2.24, 2.45) is 11.7 Å². The third-order valence-electron chi connectivity index (χ3n) is 3.55. The molecule has 1 atom stereocenters. The van der Waals surface area contributed by atoms with Crippen molar-refractivity contribution in [3.8, 4) is 0 Å². The van der Waals surface area contributed by atoms with Crippen LogP contribution in [0.15, 0.2) is 30.3 Å². The van der Waals surface area contributed by atoms with Gasteiger partial charge in [-0.05, 0) is 31.5 Å². The van der Waals surface area contributed by atoms with Gasteiger partial charge in [-0.15, -0.1) is 0 Å². The second-order valence-corrected chi connectivity index (χ2v) is 5.34. The second kappa shape index (κ2) is 7.56. The van der Waals surface area contributed by atoms with E-state index in [0.717, 1.165) is 25.1 Å². The van der Waals surface area contributed by atoms with Crippen LogP contribution in [-0.4, -0.2) is 42.4 Å². The predicted octanol–water partition coefficient (Wildman–Crippen LogP) is 0.532. The number of imide groups is 1. The molecule has 0 aliphatic carbocycles. The molecule has 4 N–H and O–H groups in total. The Kier molecular flexibility index (Phi) is 5.48. The number of nitrogens with one attached hydrogen (secondary N) is 2. The zero-order valence-electron chi connectivity index (χ0n) is 12.2. The summed E-state index contributed by atoms with van der Waals surface area (Å²) in [4.78, 5) is 36.3. The first-order valence-electron chi connectivity index (χ1n) is 7.22. The third-order valence-corrected chi connectivity index (χ3v) is 3.55. The normalized spacial score (nSPS) is 18.5. The van der Waals surface area contributed by atoms with Crippen molar-refractivity contribution in [1.29, 1.82) is 0 Å². The van der Waals surface area contributed by atoms with Crippen LogP contribution in [0.4, 0.5) is 10.5 Å². The number of piperidine rings is 1. The van der Waals surface area contributed by atoms with Gasteiger partial charge in [0.15, 0.2) is 0 Å². The smallest absolute Gasteiger partial charge is 0.318 e. The van der Waals surface area contributed by atoms with Gasteiger partial charge in [0.1, 0.15) is 0 Å². The number of benzene rings is 1. The number of likely N-dealkylation sites (tertiary alicyclic amines) is 1. The molecule has 1 aromatic carbocycles. The Labute approximate surface area is 128 Å². The first kappa shape index (κ1) is 16.0. The Morgan fingerprint density at radius 1 is 1.23 bits per heavy atom. The number of hydrogen-bond acceptors (Lipinski definition) is 4. The van der Waals surface area contributed by atoms with Gasteiger partial charge in [-0.2, -0.15) is 0 Å². The Hall–Kier alpha value is -2.41. The summed E-state index contributed by atoms with van der Waals surface area (Å²) in [7, 11) is 0. The first-order chi connectivity index (χ1) is 10.5. The maximum absolute atomic E-state index is 12.3. The highest BCUT2D eigenvalue weighted by Crippen LogP contribution is 2.18. The minimum atomic E-state index is -0.861. The van der Waals surface area contributed by atoms with Crippen LogP contribution >= 0.6 is 0 Å². The minimum Gasteiger partial charge on any atom is -0.351 e. The molecule has 0 radical (unpaired) electrons. The fraction of sp³-hybridized carbons (Fsp3) is 0.400. The van der Waals surface area contributed by atoms with Crippen molar-refractivity contribution in [1.82, 2.24) is 10.2 Å². The van der Waals surface area contributed by atoms with Crippen molar-refractivity contribution < 1.29 is 14.4 Å². The molecule has 118 valence electrons. The molecular weight excluding hydrogens is 284 g/mol. The van der Waals surface area contributed by atoms with Crippen LogP contribution in [0.25, 0.3) is 0 Å². The number of carbonyl (C=O) groups is 3. The molecule has 22 heavy (non-hydrogen) atoms. The van der Waals surface area contributed by atoms with E-state index in [0.29, 0.717) is 6.54 Å². The van der Waals surface area contributed by atoms with E-state index in [2.05, 4.69) is 5.32 Å². The Balaban J connectivity index is 1.86. The molecule has 4 amide bonds. The van der Waals surface area contributed by atoms with Crippen LogP contribution in [0.3, 0.4) is 0 Å². The lowest BCUT2D eigenvalue weighted by molar-refractivity contribution is -0.125. The van der Waals surface area contributed by atoms with E-state index in [1.165, 1.54) is 0 Å². The van der Waals surface area contributed by atoms with Crippen LogP contribution in [0.5, 0.6) is 0 Å².